The molecule has 1 unspecified atom stereocenters. The van der Waals surface area contributed by atoms with Crippen LogP contribution in [0.2, 0.25) is 0 Å². The molecule has 1 aliphatic heterocycles. The molecule has 2 aromatic heterocycles. The molecule has 1 saturated carbocycles. The zero-order valence-electron chi connectivity index (χ0n) is 18.0. The van der Waals surface area contributed by atoms with E-state index in [1.165, 1.54) is 37.5 Å². The molecule has 5 rings (SSSR count). The molecule has 2 aliphatic rings. The van der Waals surface area contributed by atoms with Gasteiger partial charge in [-0.15, -0.1) is 0 Å². The molecule has 166 valence electrons. The van der Waals surface area contributed by atoms with E-state index in [4.69, 9.17) is 0 Å². The number of hydrogen-bond acceptors (Lipinski definition) is 5. The largest absolute Gasteiger partial charge is 0.465 e. The molecular formula is C24H26N4O3S. The van der Waals surface area contributed by atoms with Gasteiger partial charge in [0.25, 0.3) is 0 Å². The predicted octanol–water partition coefficient (Wildman–Crippen LogP) is 5.70. The van der Waals surface area contributed by atoms with E-state index in [1.807, 2.05) is 30.5 Å². The maximum Gasteiger partial charge on any atom is 0.412 e. The van der Waals surface area contributed by atoms with Gasteiger partial charge in [-0.3, -0.25) is 14.7 Å². The third kappa shape index (κ3) is 3.95. The van der Waals surface area contributed by atoms with Crippen LogP contribution in [0.4, 0.5) is 15.6 Å². The van der Waals surface area contributed by atoms with Crippen molar-refractivity contribution in [2.75, 3.05) is 10.2 Å². The van der Waals surface area contributed by atoms with E-state index in [-0.39, 0.29) is 11.9 Å². The number of anilines is 2. The lowest BCUT2D eigenvalue weighted by Gasteiger charge is -2.40. The van der Waals surface area contributed by atoms with Gasteiger partial charge in [-0.1, -0.05) is 36.7 Å². The summed E-state index contributed by atoms with van der Waals surface area (Å²) in [7, 11) is 0. The van der Waals surface area contributed by atoms with Crippen LogP contribution in [-0.2, 0) is 11.2 Å². The highest BCUT2D eigenvalue weighted by molar-refractivity contribution is 7.22. The van der Waals surface area contributed by atoms with Crippen LogP contribution in [0.25, 0.3) is 21.3 Å². The van der Waals surface area contributed by atoms with Gasteiger partial charge in [-0.25, -0.2) is 9.78 Å². The molecule has 1 aromatic carbocycles. The Morgan fingerprint density at radius 2 is 1.94 bits per heavy atom. The number of fused-ring (bicyclic) bond motifs is 2. The van der Waals surface area contributed by atoms with Crippen molar-refractivity contribution in [2.45, 2.75) is 57.9 Å². The van der Waals surface area contributed by atoms with Gasteiger partial charge >= 0.3 is 6.09 Å². The van der Waals surface area contributed by atoms with Crippen molar-refractivity contribution >= 4 is 44.4 Å². The molecule has 1 fully saturated rings. The average Bonchev–Trinajstić information content (AvgIpc) is 3.19. The number of aromatic nitrogens is 2. The topological polar surface area (TPSA) is 95.4 Å². The Morgan fingerprint density at radius 3 is 2.69 bits per heavy atom. The molecule has 1 aliphatic carbocycles. The number of nitrogens with one attached hydrogen (secondary N) is 1. The van der Waals surface area contributed by atoms with Gasteiger partial charge in [0.05, 0.1) is 21.6 Å². The summed E-state index contributed by atoms with van der Waals surface area (Å²) in [6, 6.07) is 7.92. The molecule has 3 heterocycles. The van der Waals surface area contributed by atoms with E-state index in [0.717, 1.165) is 58.4 Å². The van der Waals surface area contributed by atoms with E-state index in [0.29, 0.717) is 11.0 Å². The van der Waals surface area contributed by atoms with Crippen LogP contribution in [0.15, 0.2) is 30.5 Å². The average molecular weight is 451 g/mol. The fourth-order valence-electron chi connectivity index (χ4n) is 5.15. The standard InChI is InChI=1S/C24H26N4O3S/c1-14(29)26-23-27-19-8-7-16(12-22(19)32-23)17-11-21-18(25-13-17)9-10-20(28(21)24(30)31)15-5-3-2-4-6-15/h7-8,11-13,15,20H,2-6,9-10H2,1H3,(H,30,31)(H,26,27,29). The molecule has 7 nitrogen and oxygen atoms in total. The van der Waals surface area contributed by atoms with Gasteiger partial charge in [0.1, 0.15) is 0 Å². The summed E-state index contributed by atoms with van der Waals surface area (Å²) in [5.41, 5.74) is 4.24. The van der Waals surface area contributed by atoms with Crippen LogP contribution in [0.5, 0.6) is 0 Å². The number of aryl methyl sites for hydroxylation is 1. The minimum Gasteiger partial charge on any atom is -0.465 e. The lowest BCUT2D eigenvalue weighted by Crippen LogP contribution is -2.47. The zero-order valence-corrected chi connectivity index (χ0v) is 18.8. The first-order valence-electron chi connectivity index (χ1n) is 11.2. The highest BCUT2D eigenvalue weighted by atomic mass is 32.1. The number of hydrogen-bond donors (Lipinski definition) is 2. The first kappa shape index (κ1) is 20.9. The van der Waals surface area contributed by atoms with Gasteiger partial charge in [0.2, 0.25) is 5.91 Å². The molecule has 0 radical (unpaired) electrons. The van der Waals surface area contributed by atoms with E-state index < -0.39 is 6.09 Å². The highest BCUT2D eigenvalue weighted by Crippen LogP contribution is 2.40. The van der Waals surface area contributed by atoms with Gasteiger partial charge in [-0.2, -0.15) is 0 Å². The van der Waals surface area contributed by atoms with Crippen molar-refractivity contribution in [3.63, 3.8) is 0 Å². The maximum atomic E-state index is 12.3. The van der Waals surface area contributed by atoms with Crippen LogP contribution in [0.3, 0.4) is 0 Å². The van der Waals surface area contributed by atoms with Gasteiger partial charge in [-0.05, 0) is 55.4 Å². The van der Waals surface area contributed by atoms with E-state index in [1.54, 1.807) is 4.90 Å². The van der Waals surface area contributed by atoms with Crippen molar-refractivity contribution < 1.29 is 14.7 Å². The summed E-state index contributed by atoms with van der Waals surface area (Å²) in [5.74, 6) is 0.279. The third-order valence-electron chi connectivity index (χ3n) is 6.62. The van der Waals surface area contributed by atoms with Crippen LogP contribution in [-0.4, -0.2) is 33.1 Å². The fourth-order valence-corrected chi connectivity index (χ4v) is 6.10. The number of thiazole rings is 1. The minimum atomic E-state index is -0.890. The Bertz CT molecular complexity index is 1190. The fraction of sp³-hybridized carbons (Fsp3) is 0.417. The summed E-state index contributed by atoms with van der Waals surface area (Å²) in [4.78, 5) is 34.4. The SMILES string of the molecule is CC(=O)Nc1nc2ccc(-c3cnc4c(c3)N(C(=O)O)C(C3CCCCC3)CC4)cc2s1. The monoisotopic (exact) mass is 450 g/mol. The van der Waals surface area contributed by atoms with Gasteiger partial charge in [0.15, 0.2) is 5.13 Å². The molecule has 32 heavy (non-hydrogen) atoms. The van der Waals surface area contributed by atoms with Gasteiger partial charge in [0, 0.05) is 24.7 Å². The summed E-state index contributed by atoms with van der Waals surface area (Å²) in [6.45, 7) is 1.46. The third-order valence-corrected chi connectivity index (χ3v) is 7.55. The molecule has 2 amide bonds. The normalized spacial score (nSPS) is 19.0. The summed E-state index contributed by atoms with van der Waals surface area (Å²) in [6.07, 6.45) is 8.44. The Kier molecular flexibility index (Phi) is 5.55. The number of carboxylic acid groups (broad SMARTS) is 1. The molecule has 1 atom stereocenters. The summed E-state index contributed by atoms with van der Waals surface area (Å²) in [5, 5.41) is 13.4. The van der Waals surface area contributed by atoms with Crippen molar-refractivity contribution in [2.24, 2.45) is 5.92 Å². The lowest BCUT2D eigenvalue weighted by molar-refractivity contribution is -0.114. The summed E-state index contributed by atoms with van der Waals surface area (Å²) >= 11 is 1.42. The highest BCUT2D eigenvalue weighted by Gasteiger charge is 2.37. The predicted molar refractivity (Wildman–Crippen MR) is 126 cm³/mol. The number of benzene rings is 1. The van der Waals surface area contributed by atoms with Crippen LogP contribution in [0.1, 0.15) is 51.1 Å². The first-order valence-corrected chi connectivity index (χ1v) is 12.0. The molecule has 8 heteroatoms. The Hall–Kier alpha value is -3.00. The second-order valence-corrected chi connectivity index (χ2v) is 9.76. The molecule has 2 N–H and O–H groups in total. The van der Waals surface area contributed by atoms with Gasteiger partial charge < -0.3 is 10.4 Å². The Labute approximate surface area is 190 Å². The van der Waals surface area contributed by atoms with E-state index in [2.05, 4.69) is 15.3 Å². The molecule has 0 bridgehead atoms. The van der Waals surface area contributed by atoms with Crippen LogP contribution in [0, 0.1) is 5.92 Å². The number of rotatable bonds is 3. The first-order chi connectivity index (χ1) is 15.5. The van der Waals surface area contributed by atoms with Crippen molar-refractivity contribution in [3.05, 3.63) is 36.2 Å². The Morgan fingerprint density at radius 1 is 1.12 bits per heavy atom. The summed E-state index contributed by atoms with van der Waals surface area (Å²) < 4.78 is 0.958. The number of carbonyl (C=O) groups excluding carboxylic acids is 1. The van der Waals surface area contributed by atoms with Crippen LogP contribution >= 0.6 is 11.3 Å². The zero-order chi connectivity index (χ0) is 22.2. The number of carbonyl (C=O) groups is 2. The second kappa shape index (κ2) is 8.50. The smallest absolute Gasteiger partial charge is 0.412 e. The van der Waals surface area contributed by atoms with Crippen molar-refractivity contribution in [1.82, 2.24) is 9.97 Å². The minimum absolute atomic E-state index is 0.0292. The second-order valence-electron chi connectivity index (χ2n) is 8.73. The van der Waals surface area contributed by atoms with Crippen LogP contribution < -0.4 is 10.2 Å². The quantitative estimate of drug-likeness (QED) is 0.534. The van der Waals surface area contributed by atoms with Crippen molar-refractivity contribution in [1.29, 1.82) is 0 Å². The van der Waals surface area contributed by atoms with Crippen molar-refractivity contribution in [3.8, 4) is 11.1 Å². The maximum absolute atomic E-state index is 12.3. The number of nitrogens with zero attached hydrogens (tertiary/aromatic N) is 3. The number of amides is 2. The lowest BCUT2D eigenvalue weighted by atomic mass is 9.79. The molecule has 0 saturated heterocycles. The van der Waals surface area contributed by atoms with E-state index in [9.17, 15) is 14.7 Å². The molecule has 0 spiro atoms. The number of pyridine rings is 1. The Balaban J connectivity index is 1.50. The van der Waals surface area contributed by atoms with E-state index >= 15 is 0 Å². The molecule has 3 aromatic rings. The molecular weight excluding hydrogens is 424 g/mol.